The number of aliphatic hydroxyl groups is 1. The molecule has 0 aliphatic carbocycles. The van der Waals surface area contributed by atoms with Crippen molar-refractivity contribution in [2.75, 3.05) is 6.61 Å². The third-order valence-electron chi connectivity index (χ3n) is 2.00. The van der Waals surface area contributed by atoms with Gasteiger partial charge in [0.25, 0.3) is 0 Å². The first kappa shape index (κ1) is 11.0. The van der Waals surface area contributed by atoms with Gasteiger partial charge in [0.2, 0.25) is 0 Å². The molecule has 0 amide bonds. The molecule has 14 heavy (non-hydrogen) atoms. The Morgan fingerprint density at radius 2 is 2.36 bits per heavy atom. The Bertz CT molecular complexity index is 298. The van der Waals surface area contributed by atoms with E-state index in [1.54, 1.807) is 0 Å². The van der Waals surface area contributed by atoms with Gasteiger partial charge in [0, 0.05) is 12.8 Å². The van der Waals surface area contributed by atoms with Gasteiger partial charge in [-0.15, -0.1) is 0 Å². The van der Waals surface area contributed by atoms with Crippen LogP contribution in [0, 0.1) is 0 Å². The van der Waals surface area contributed by atoms with Gasteiger partial charge in [-0.1, -0.05) is 11.6 Å². The monoisotopic (exact) mass is 194 g/mol. The number of nitrogens with zero attached hydrogens (tertiary/aromatic N) is 2. The molecule has 1 aromatic rings. The average molecular weight is 194 g/mol. The number of aryl methyl sites for hydroxylation is 1. The highest BCUT2D eigenvalue weighted by Gasteiger charge is 1.96. The van der Waals surface area contributed by atoms with E-state index in [0.29, 0.717) is 0 Å². The fourth-order valence-electron chi connectivity index (χ4n) is 1.19. The fourth-order valence-corrected chi connectivity index (χ4v) is 1.19. The number of aromatic nitrogens is 2. The maximum Gasteiger partial charge on any atom is 0.0592 e. The van der Waals surface area contributed by atoms with E-state index in [4.69, 9.17) is 5.11 Å². The van der Waals surface area contributed by atoms with Crippen molar-refractivity contribution in [1.82, 2.24) is 9.78 Å². The van der Waals surface area contributed by atoms with Crippen LogP contribution < -0.4 is 0 Å². The van der Waals surface area contributed by atoms with Crippen LogP contribution in [0.5, 0.6) is 0 Å². The molecule has 0 aliphatic rings. The van der Waals surface area contributed by atoms with Gasteiger partial charge in [-0.2, -0.15) is 5.10 Å². The average Bonchev–Trinajstić information content (AvgIpc) is 2.59. The fraction of sp³-hybridized carbons (Fsp3) is 0.545. The molecular weight excluding hydrogens is 176 g/mol. The quantitative estimate of drug-likeness (QED) is 0.725. The maximum absolute atomic E-state index is 8.67. The smallest absolute Gasteiger partial charge is 0.0592 e. The van der Waals surface area contributed by atoms with Crippen LogP contribution in [0.1, 0.15) is 25.8 Å². The lowest BCUT2D eigenvalue weighted by Crippen LogP contribution is -1.95. The van der Waals surface area contributed by atoms with Gasteiger partial charge in [-0.05, 0) is 32.3 Å². The molecule has 0 aliphatic heterocycles. The predicted molar refractivity (Wildman–Crippen MR) is 57.1 cm³/mol. The molecule has 1 heterocycles. The van der Waals surface area contributed by atoms with Gasteiger partial charge in [0.05, 0.1) is 12.7 Å². The second-order valence-corrected chi connectivity index (χ2v) is 3.68. The van der Waals surface area contributed by atoms with Crippen LogP contribution in [0.25, 0.3) is 0 Å². The molecule has 1 rings (SSSR count). The van der Waals surface area contributed by atoms with Crippen LogP contribution in [-0.2, 0) is 13.0 Å². The van der Waals surface area contributed by atoms with Gasteiger partial charge in [-0.3, -0.25) is 4.68 Å². The minimum absolute atomic E-state index is 0.249. The maximum atomic E-state index is 8.67. The van der Waals surface area contributed by atoms with Crippen molar-refractivity contribution in [2.24, 2.45) is 0 Å². The summed E-state index contributed by atoms with van der Waals surface area (Å²) in [6.07, 6.45) is 7.77. The molecule has 0 unspecified atom stereocenters. The van der Waals surface area contributed by atoms with Gasteiger partial charge in [-0.25, -0.2) is 0 Å². The molecular formula is C11H18N2O. The second-order valence-electron chi connectivity index (χ2n) is 3.68. The highest BCUT2D eigenvalue weighted by atomic mass is 16.2. The highest BCUT2D eigenvalue weighted by Crippen LogP contribution is 2.02. The van der Waals surface area contributed by atoms with E-state index in [0.717, 1.165) is 19.4 Å². The Morgan fingerprint density at radius 3 is 3.00 bits per heavy atom. The largest absolute Gasteiger partial charge is 0.396 e. The van der Waals surface area contributed by atoms with Crippen molar-refractivity contribution in [3.63, 3.8) is 0 Å². The number of hydrogen-bond acceptors (Lipinski definition) is 2. The van der Waals surface area contributed by atoms with E-state index in [1.165, 1.54) is 11.1 Å². The van der Waals surface area contributed by atoms with Crippen molar-refractivity contribution >= 4 is 0 Å². The zero-order valence-corrected chi connectivity index (χ0v) is 8.90. The van der Waals surface area contributed by atoms with Gasteiger partial charge in [0.15, 0.2) is 0 Å². The molecule has 78 valence electrons. The van der Waals surface area contributed by atoms with Gasteiger partial charge in [0.1, 0.15) is 0 Å². The summed E-state index contributed by atoms with van der Waals surface area (Å²) in [5, 5.41) is 12.9. The van der Waals surface area contributed by atoms with E-state index in [9.17, 15) is 0 Å². The van der Waals surface area contributed by atoms with Crippen LogP contribution in [0.2, 0.25) is 0 Å². The number of allylic oxidation sites excluding steroid dienone is 2. The van der Waals surface area contributed by atoms with E-state index in [2.05, 4.69) is 25.0 Å². The summed E-state index contributed by atoms with van der Waals surface area (Å²) >= 11 is 0. The molecule has 1 N–H and O–H groups in total. The lowest BCUT2D eigenvalue weighted by Gasteiger charge is -1.95. The van der Waals surface area contributed by atoms with Crippen molar-refractivity contribution in [3.05, 3.63) is 29.6 Å². The highest BCUT2D eigenvalue weighted by molar-refractivity contribution is 5.05. The van der Waals surface area contributed by atoms with E-state index >= 15 is 0 Å². The molecule has 0 spiro atoms. The zero-order chi connectivity index (χ0) is 10.4. The first-order valence-corrected chi connectivity index (χ1v) is 4.98. The molecule has 0 saturated heterocycles. The molecule has 3 nitrogen and oxygen atoms in total. The van der Waals surface area contributed by atoms with Crippen molar-refractivity contribution < 1.29 is 5.11 Å². The molecule has 0 radical (unpaired) electrons. The number of hydrogen-bond donors (Lipinski definition) is 1. The molecule has 0 bridgehead atoms. The normalized spacial score (nSPS) is 10.2. The zero-order valence-electron chi connectivity index (χ0n) is 8.90. The third-order valence-corrected chi connectivity index (χ3v) is 2.00. The third kappa shape index (κ3) is 3.75. The second kappa shape index (κ2) is 5.60. The van der Waals surface area contributed by atoms with Crippen LogP contribution in [0.3, 0.4) is 0 Å². The predicted octanol–water partition coefficient (Wildman–Crippen LogP) is 1.77. The lowest BCUT2D eigenvalue weighted by atomic mass is 10.2. The topological polar surface area (TPSA) is 38.0 Å². The van der Waals surface area contributed by atoms with Crippen molar-refractivity contribution in [2.45, 2.75) is 33.2 Å². The molecule has 0 aromatic carbocycles. The van der Waals surface area contributed by atoms with E-state index in [1.807, 2.05) is 17.1 Å². The summed E-state index contributed by atoms with van der Waals surface area (Å²) in [4.78, 5) is 0. The molecule has 0 atom stereocenters. The summed E-state index contributed by atoms with van der Waals surface area (Å²) in [6.45, 7) is 5.24. The summed E-state index contributed by atoms with van der Waals surface area (Å²) in [5.74, 6) is 0. The van der Waals surface area contributed by atoms with Crippen LogP contribution >= 0.6 is 0 Å². The molecule has 0 saturated carbocycles. The minimum Gasteiger partial charge on any atom is -0.396 e. The Morgan fingerprint density at radius 1 is 1.57 bits per heavy atom. The standard InChI is InChI=1S/C11H18N2O/c1-10(2)5-6-13-9-11(8-12-13)4-3-7-14/h5,8-9,14H,3-4,6-7H2,1-2H3. The van der Waals surface area contributed by atoms with Crippen molar-refractivity contribution in [1.29, 1.82) is 0 Å². The minimum atomic E-state index is 0.249. The molecule has 3 heteroatoms. The molecule has 1 aromatic heterocycles. The number of rotatable bonds is 5. The summed E-state index contributed by atoms with van der Waals surface area (Å²) in [6, 6.07) is 0. The van der Waals surface area contributed by atoms with Crippen molar-refractivity contribution in [3.8, 4) is 0 Å². The summed E-state index contributed by atoms with van der Waals surface area (Å²) in [5.41, 5.74) is 2.50. The van der Waals surface area contributed by atoms with E-state index in [-0.39, 0.29) is 6.61 Å². The molecule has 0 fully saturated rings. The first-order valence-electron chi connectivity index (χ1n) is 4.98. The van der Waals surface area contributed by atoms with E-state index < -0.39 is 0 Å². The summed E-state index contributed by atoms with van der Waals surface area (Å²) < 4.78 is 1.92. The Balaban J connectivity index is 2.46. The number of aliphatic hydroxyl groups excluding tert-OH is 1. The first-order chi connectivity index (χ1) is 6.72. The SMILES string of the molecule is CC(C)=CCn1cc(CCCO)cn1. The summed E-state index contributed by atoms with van der Waals surface area (Å²) in [7, 11) is 0. The Kier molecular flexibility index (Phi) is 4.40. The van der Waals surface area contributed by atoms with Gasteiger partial charge < -0.3 is 5.11 Å². The van der Waals surface area contributed by atoms with Gasteiger partial charge >= 0.3 is 0 Å². The van der Waals surface area contributed by atoms with Crippen LogP contribution in [0.15, 0.2) is 24.0 Å². The Labute approximate surface area is 85.1 Å². The lowest BCUT2D eigenvalue weighted by molar-refractivity contribution is 0.288. The van der Waals surface area contributed by atoms with Crippen LogP contribution in [0.4, 0.5) is 0 Å². The van der Waals surface area contributed by atoms with Crippen LogP contribution in [-0.4, -0.2) is 21.5 Å². The Hall–Kier alpha value is -1.09.